The molecule has 0 amide bonds. The SMILES string of the molecule is NC1CCN(c2ncnc3oncc23)C1. The summed E-state index contributed by atoms with van der Waals surface area (Å²) < 4.78 is 4.99. The third-order valence-corrected chi connectivity index (χ3v) is 2.67. The van der Waals surface area contributed by atoms with Crippen LogP contribution in [-0.4, -0.2) is 34.3 Å². The van der Waals surface area contributed by atoms with Gasteiger partial charge in [-0.25, -0.2) is 4.98 Å². The van der Waals surface area contributed by atoms with E-state index in [0.717, 1.165) is 30.7 Å². The van der Waals surface area contributed by atoms with Crippen molar-refractivity contribution in [3.63, 3.8) is 0 Å². The first-order valence-electron chi connectivity index (χ1n) is 4.90. The summed E-state index contributed by atoms with van der Waals surface area (Å²) in [6.07, 6.45) is 4.14. The van der Waals surface area contributed by atoms with E-state index in [1.165, 1.54) is 6.33 Å². The van der Waals surface area contributed by atoms with Crippen LogP contribution in [0.4, 0.5) is 5.82 Å². The number of rotatable bonds is 1. The molecular formula is C9H11N5O. The zero-order valence-corrected chi connectivity index (χ0v) is 8.13. The van der Waals surface area contributed by atoms with Gasteiger partial charge in [-0.3, -0.25) is 0 Å². The van der Waals surface area contributed by atoms with E-state index in [-0.39, 0.29) is 6.04 Å². The Balaban J connectivity index is 2.06. The molecule has 78 valence electrons. The molecule has 0 spiro atoms. The molecule has 2 aromatic heterocycles. The maximum absolute atomic E-state index is 5.86. The molecule has 3 heterocycles. The zero-order chi connectivity index (χ0) is 10.3. The number of hydrogen-bond acceptors (Lipinski definition) is 6. The molecule has 1 aliphatic heterocycles. The third-order valence-electron chi connectivity index (χ3n) is 2.67. The lowest BCUT2D eigenvalue weighted by Gasteiger charge is -2.16. The molecule has 0 aliphatic carbocycles. The van der Waals surface area contributed by atoms with Gasteiger partial charge in [0.15, 0.2) is 0 Å². The molecule has 6 heteroatoms. The second kappa shape index (κ2) is 3.16. The van der Waals surface area contributed by atoms with Crippen molar-refractivity contribution >= 4 is 16.9 Å². The molecule has 0 saturated carbocycles. The molecule has 2 aromatic rings. The fraction of sp³-hybridized carbons (Fsp3) is 0.444. The molecule has 1 aliphatic rings. The van der Waals surface area contributed by atoms with Crippen molar-refractivity contribution < 1.29 is 4.52 Å². The minimum atomic E-state index is 0.231. The molecule has 1 unspecified atom stereocenters. The van der Waals surface area contributed by atoms with E-state index in [9.17, 15) is 0 Å². The topological polar surface area (TPSA) is 81.1 Å². The molecule has 3 rings (SSSR count). The van der Waals surface area contributed by atoms with Crippen molar-refractivity contribution in [1.82, 2.24) is 15.1 Å². The fourth-order valence-corrected chi connectivity index (χ4v) is 1.92. The number of aromatic nitrogens is 3. The maximum atomic E-state index is 5.86. The highest BCUT2D eigenvalue weighted by molar-refractivity contribution is 5.84. The van der Waals surface area contributed by atoms with Crippen LogP contribution in [0.1, 0.15) is 6.42 Å². The maximum Gasteiger partial charge on any atom is 0.262 e. The van der Waals surface area contributed by atoms with E-state index in [0.29, 0.717) is 5.71 Å². The van der Waals surface area contributed by atoms with E-state index in [1.54, 1.807) is 6.20 Å². The van der Waals surface area contributed by atoms with Gasteiger partial charge in [0.1, 0.15) is 17.5 Å². The van der Waals surface area contributed by atoms with Crippen LogP contribution < -0.4 is 10.6 Å². The number of nitrogens with two attached hydrogens (primary N) is 1. The average Bonchev–Trinajstić information content (AvgIpc) is 2.84. The van der Waals surface area contributed by atoms with Crippen molar-refractivity contribution in [1.29, 1.82) is 0 Å². The molecule has 0 bridgehead atoms. The lowest BCUT2D eigenvalue weighted by atomic mass is 10.3. The van der Waals surface area contributed by atoms with Crippen LogP contribution in [0.5, 0.6) is 0 Å². The Bertz CT molecular complexity index is 482. The summed E-state index contributed by atoms with van der Waals surface area (Å²) in [5, 5.41) is 4.57. The highest BCUT2D eigenvalue weighted by Gasteiger charge is 2.22. The molecule has 15 heavy (non-hydrogen) atoms. The first-order chi connectivity index (χ1) is 7.34. The van der Waals surface area contributed by atoms with Crippen molar-refractivity contribution in [3.05, 3.63) is 12.5 Å². The number of nitrogens with zero attached hydrogens (tertiary/aromatic N) is 4. The Morgan fingerprint density at radius 2 is 2.40 bits per heavy atom. The Kier molecular flexibility index (Phi) is 1.81. The number of anilines is 1. The lowest BCUT2D eigenvalue weighted by molar-refractivity contribution is 0.448. The van der Waals surface area contributed by atoms with Crippen LogP contribution in [0.2, 0.25) is 0 Å². The summed E-state index contributed by atoms with van der Waals surface area (Å²) in [7, 11) is 0. The second-order valence-corrected chi connectivity index (χ2v) is 3.74. The molecule has 0 radical (unpaired) electrons. The van der Waals surface area contributed by atoms with Gasteiger partial charge in [-0.15, -0.1) is 0 Å². The fourth-order valence-electron chi connectivity index (χ4n) is 1.92. The van der Waals surface area contributed by atoms with E-state index in [1.807, 2.05) is 0 Å². The summed E-state index contributed by atoms with van der Waals surface area (Å²) in [6, 6.07) is 0.231. The minimum absolute atomic E-state index is 0.231. The monoisotopic (exact) mass is 205 g/mol. The smallest absolute Gasteiger partial charge is 0.262 e. The normalized spacial score (nSPS) is 21.4. The number of hydrogen-bond donors (Lipinski definition) is 1. The van der Waals surface area contributed by atoms with Crippen molar-refractivity contribution in [2.75, 3.05) is 18.0 Å². The second-order valence-electron chi connectivity index (χ2n) is 3.74. The first kappa shape index (κ1) is 8.60. The summed E-state index contributed by atoms with van der Waals surface area (Å²) in [5.74, 6) is 0.870. The van der Waals surface area contributed by atoms with Crippen LogP contribution in [0.3, 0.4) is 0 Å². The predicted octanol–water partition coefficient (Wildman–Crippen LogP) is 0.155. The first-order valence-corrected chi connectivity index (χ1v) is 4.90. The van der Waals surface area contributed by atoms with E-state index in [4.69, 9.17) is 10.3 Å². The van der Waals surface area contributed by atoms with Crippen molar-refractivity contribution in [3.8, 4) is 0 Å². The van der Waals surface area contributed by atoms with Crippen molar-refractivity contribution in [2.45, 2.75) is 12.5 Å². The minimum Gasteiger partial charge on any atom is -0.354 e. The van der Waals surface area contributed by atoms with Crippen LogP contribution in [0.15, 0.2) is 17.0 Å². The van der Waals surface area contributed by atoms with Gasteiger partial charge in [0.25, 0.3) is 5.71 Å². The van der Waals surface area contributed by atoms with Crippen molar-refractivity contribution in [2.24, 2.45) is 5.73 Å². The highest BCUT2D eigenvalue weighted by atomic mass is 16.5. The molecule has 0 aromatic carbocycles. The van der Waals surface area contributed by atoms with E-state index in [2.05, 4.69) is 20.0 Å². The van der Waals surface area contributed by atoms with Crippen LogP contribution in [-0.2, 0) is 0 Å². The van der Waals surface area contributed by atoms with Gasteiger partial charge in [0.2, 0.25) is 0 Å². The Morgan fingerprint density at radius 3 is 3.20 bits per heavy atom. The summed E-state index contributed by atoms with van der Waals surface area (Å²) in [6.45, 7) is 1.76. The van der Waals surface area contributed by atoms with Gasteiger partial charge in [0.05, 0.1) is 6.20 Å². The molecule has 2 N–H and O–H groups in total. The van der Waals surface area contributed by atoms with Crippen LogP contribution >= 0.6 is 0 Å². The lowest BCUT2D eigenvalue weighted by Crippen LogP contribution is -2.26. The quantitative estimate of drug-likeness (QED) is 0.714. The molecular weight excluding hydrogens is 194 g/mol. The van der Waals surface area contributed by atoms with Gasteiger partial charge in [-0.05, 0) is 6.42 Å². The van der Waals surface area contributed by atoms with Gasteiger partial charge in [-0.2, -0.15) is 4.98 Å². The van der Waals surface area contributed by atoms with E-state index < -0.39 is 0 Å². The molecule has 1 fully saturated rings. The highest BCUT2D eigenvalue weighted by Crippen LogP contribution is 2.24. The number of fused-ring (bicyclic) bond motifs is 1. The van der Waals surface area contributed by atoms with Crippen LogP contribution in [0.25, 0.3) is 11.1 Å². The predicted molar refractivity (Wildman–Crippen MR) is 54.4 cm³/mol. The Hall–Kier alpha value is -1.69. The Morgan fingerprint density at radius 1 is 1.47 bits per heavy atom. The largest absolute Gasteiger partial charge is 0.354 e. The van der Waals surface area contributed by atoms with E-state index >= 15 is 0 Å². The summed E-state index contributed by atoms with van der Waals surface area (Å²) >= 11 is 0. The summed E-state index contributed by atoms with van der Waals surface area (Å²) in [4.78, 5) is 10.4. The standard InChI is InChI=1S/C9H11N5O/c10-6-1-2-14(4-6)8-7-3-13-15-9(7)12-5-11-8/h3,5-6H,1-2,4,10H2. The van der Waals surface area contributed by atoms with Gasteiger partial charge >= 0.3 is 0 Å². The molecule has 1 atom stereocenters. The zero-order valence-electron chi connectivity index (χ0n) is 8.13. The summed E-state index contributed by atoms with van der Waals surface area (Å²) in [5.41, 5.74) is 6.39. The Labute approximate surface area is 86.1 Å². The van der Waals surface area contributed by atoms with Gasteiger partial charge < -0.3 is 15.2 Å². The third kappa shape index (κ3) is 1.33. The van der Waals surface area contributed by atoms with Gasteiger partial charge in [-0.1, -0.05) is 5.16 Å². The molecule has 6 nitrogen and oxygen atoms in total. The van der Waals surface area contributed by atoms with Gasteiger partial charge in [0, 0.05) is 19.1 Å². The molecule has 1 saturated heterocycles. The average molecular weight is 205 g/mol. The van der Waals surface area contributed by atoms with Crippen LogP contribution in [0, 0.1) is 0 Å².